The van der Waals surface area contributed by atoms with Gasteiger partial charge in [0, 0.05) is 19.6 Å². The summed E-state index contributed by atoms with van der Waals surface area (Å²) >= 11 is 6.47. The average molecular weight is 295 g/mol. The number of piperidine rings is 1. The van der Waals surface area contributed by atoms with Crippen molar-refractivity contribution in [3.8, 4) is 0 Å². The number of hydrogen-bond acceptors (Lipinski definition) is 2. The second-order valence-corrected chi connectivity index (χ2v) is 6.38. The van der Waals surface area contributed by atoms with Gasteiger partial charge in [0.15, 0.2) is 0 Å². The summed E-state index contributed by atoms with van der Waals surface area (Å²) in [4.78, 5) is 2.48. The van der Waals surface area contributed by atoms with Crippen molar-refractivity contribution in [3.05, 3.63) is 28.8 Å². The largest absolute Gasteiger partial charge is 0.370 e. The highest BCUT2D eigenvalue weighted by atomic mass is 35.5. The van der Waals surface area contributed by atoms with E-state index in [1.807, 2.05) is 19.2 Å². The van der Waals surface area contributed by atoms with E-state index in [4.69, 9.17) is 11.6 Å². The third-order valence-electron chi connectivity index (χ3n) is 5.08. The lowest BCUT2D eigenvalue weighted by atomic mass is 9.74. The smallest absolute Gasteiger partial charge is 0.0642 e. The van der Waals surface area contributed by atoms with Crippen LogP contribution in [0.25, 0.3) is 0 Å². The standard InChI is InChI=1S/C17H27ClN2/c1-4-17(5-2)9-11-20(12-10-17)16-14(13-19-3)7-6-8-15(16)18/h6-8,19H,4-5,9-13H2,1-3H3. The molecular weight excluding hydrogens is 268 g/mol. The molecule has 1 aromatic rings. The summed E-state index contributed by atoms with van der Waals surface area (Å²) in [7, 11) is 1.99. The molecule has 20 heavy (non-hydrogen) atoms. The molecule has 0 amide bonds. The molecule has 1 N–H and O–H groups in total. The zero-order chi connectivity index (χ0) is 14.6. The highest BCUT2D eigenvalue weighted by Crippen LogP contribution is 2.41. The number of nitrogens with zero attached hydrogens (tertiary/aromatic N) is 1. The maximum atomic E-state index is 6.47. The zero-order valence-electron chi connectivity index (χ0n) is 13.0. The number of benzene rings is 1. The van der Waals surface area contributed by atoms with Crippen LogP contribution in [-0.2, 0) is 6.54 Å². The Bertz CT molecular complexity index is 431. The topological polar surface area (TPSA) is 15.3 Å². The second kappa shape index (κ2) is 6.82. The average Bonchev–Trinajstić information content (AvgIpc) is 2.48. The molecule has 2 rings (SSSR count). The molecule has 1 saturated heterocycles. The van der Waals surface area contributed by atoms with E-state index in [0.717, 1.165) is 24.7 Å². The van der Waals surface area contributed by atoms with Gasteiger partial charge in [0.1, 0.15) is 0 Å². The van der Waals surface area contributed by atoms with Gasteiger partial charge in [0.05, 0.1) is 10.7 Å². The molecule has 112 valence electrons. The third kappa shape index (κ3) is 3.12. The van der Waals surface area contributed by atoms with Gasteiger partial charge in [-0.3, -0.25) is 0 Å². The Morgan fingerprint density at radius 3 is 2.40 bits per heavy atom. The van der Waals surface area contributed by atoms with Crippen LogP contribution in [0, 0.1) is 5.41 Å². The van der Waals surface area contributed by atoms with Crippen LogP contribution in [0.2, 0.25) is 5.02 Å². The number of rotatable bonds is 5. The maximum absolute atomic E-state index is 6.47. The van der Waals surface area contributed by atoms with E-state index in [0.29, 0.717) is 5.41 Å². The number of hydrogen-bond donors (Lipinski definition) is 1. The maximum Gasteiger partial charge on any atom is 0.0642 e. The summed E-state index contributed by atoms with van der Waals surface area (Å²) in [6.07, 6.45) is 5.15. The van der Waals surface area contributed by atoms with Gasteiger partial charge < -0.3 is 10.2 Å². The summed E-state index contributed by atoms with van der Waals surface area (Å²) in [6, 6.07) is 6.24. The molecule has 0 spiro atoms. The van der Waals surface area contributed by atoms with Crippen molar-refractivity contribution in [2.45, 2.75) is 46.1 Å². The number of halogens is 1. The van der Waals surface area contributed by atoms with Crippen LogP contribution in [0.5, 0.6) is 0 Å². The van der Waals surface area contributed by atoms with Crippen LogP contribution >= 0.6 is 11.6 Å². The molecule has 0 bridgehead atoms. The van der Waals surface area contributed by atoms with Crippen LogP contribution in [0.15, 0.2) is 18.2 Å². The fraction of sp³-hybridized carbons (Fsp3) is 0.647. The molecule has 0 atom stereocenters. The molecule has 1 fully saturated rings. The third-order valence-corrected chi connectivity index (χ3v) is 5.38. The number of nitrogens with one attached hydrogen (secondary N) is 1. The van der Waals surface area contributed by atoms with Crippen LogP contribution < -0.4 is 10.2 Å². The molecule has 0 radical (unpaired) electrons. The van der Waals surface area contributed by atoms with Gasteiger partial charge in [-0.2, -0.15) is 0 Å². The molecule has 1 heterocycles. The first-order valence-electron chi connectivity index (χ1n) is 7.82. The van der Waals surface area contributed by atoms with Crippen molar-refractivity contribution in [2.75, 3.05) is 25.0 Å². The monoisotopic (exact) mass is 294 g/mol. The quantitative estimate of drug-likeness (QED) is 0.862. The van der Waals surface area contributed by atoms with Crippen molar-refractivity contribution in [3.63, 3.8) is 0 Å². The van der Waals surface area contributed by atoms with Gasteiger partial charge in [-0.25, -0.2) is 0 Å². The molecule has 2 nitrogen and oxygen atoms in total. The molecule has 3 heteroatoms. The van der Waals surface area contributed by atoms with Crippen molar-refractivity contribution >= 4 is 17.3 Å². The Labute approximate surface area is 128 Å². The fourth-order valence-electron chi connectivity index (χ4n) is 3.41. The lowest BCUT2D eigenvalue weighted by Crippen LogP contribution is -2.40. The lowest BCUT2D eigenvalue weighted by Gasteiger charge is -2.42. The summed E-state index contributed by atoms with van der Waals surface area (Å²) in [6.45, 7) is 7.80. The predicted molar refractivity (Wildman–Crippen MR) is 88.7 cm³/mol. The van der Waals surface area contributed by atoms with E-state index in [-0.39, 0.29) is 0 Å². The van der Waals surface area contributed by atoms with Crippen molar-refractivity contribution in [1.29, 1.82) is 0 Å². The molecule has 0 aliphatic carbocycles. The Morgan fingerprint density at radius 1 is 1.20 bits per heavy atom. The van der Waals surface area contributed by atoms with Crippen LogP contribution in [0.1, 0.15) is 45.1 Å². The van der Waals surface area contributed by atoms with E-state index in [9.17, 15) is 0 Å². The molecular formula is C17H27ClN2. The van der Waals surface area contributed by atoms with E-state index in [1.54, 1.807) is 0 Å². The van der Waals surface area contributed by atoms with Crippen molar-refractivity contribution in [2.24, 2.45) is 5.41 Å². The van der Waals surface area contributed by atoms with Crippen LogP contribution in [0.4, 0.5) is 5.69 Å². The van der Waals surface area contributed by atoms with Crippen molar-refractivity contribution < 1.29 is 0 Å². The van der Waals surface area contributed by atoms with E-state index >= 15 is 0 Å². The predicted octanol–water partition coefficient (Wildman–Crippen LogP) is 4.47. The molecule has 1 aromatic carbocycles. The minimum atomic E-state index is 0.556. The molecule has 0 saturated carbocycles. The highest BCUT2D eigenvalue weighted by Gasteiger charge is 2.32. The van der Waals surface area contributed by atoms with E-state index in [2.05, 4.69) is 30.1 Å². The number of para-hydroxylation sites is 1. The molecule has 0 unspecified atom stereocenters. The summed E-state index contributed by atoms with van der Waals surface area (Å²) in [5.74, 6) is 0. The Balaban J connectivity index is 2.18. The Morgan fingerprint density at radius 2 is 1.85 bits per heavy atom. The first-order valence-corrected chi connectivity index (χ1v) is 8.20. The summed E-state index contributed by atoms with van der Waals surface area (Å²) in [5, 5.41) is 4.13. The summed E-state index contributed by atoms with van der Waals surface area (Å²) in [5.41, 5.74) is 3.10. The summed E-state index contributed by atoms with van der Waals surface area (Å²) < 4.78 is 0. The van der Waals surface area contributed by atoms with Gasteiger partial charge >= 0.3 is 0 Å². The SMILES string of the molecule is CCC1(CC)CCN(c2c(Cl)cccc2CNC)CC1. The van der Waals surface area contributed by atoms with Crippen LogP contribution in [-0.4, -0.2) is 20.1 Å². The highest BCUT2D eigenvalue weighted by molar-refractivity contribution is 6.33. The first-order chi connectivity index (χ1) is 9.65. The van der Waals surface area contributed by atoms with Gasteiger partial charge in [-0.15, -0.1) is 0 Å². The number of anilines is 1. The van der Waals surface area contributed by atoms with Gasteiger partial charge in [0.2, 0.25) is 0 Å². The van der Waals surface area contributed by atoms with Crippen molar-refractivity contribution in [1.82, 2.24) is 5.32 Å². The minimum Gasteiger partial charge on any atom is -0.370 e. The minimum absolute atomic E-state index is 0.556. The molecule has 1 aliphatic heterocycles. The lowest BCUT2D eigenvalue weighted by molar-refractivity contribution is 0.199. The first kappa shape index (κ1) is 15.7. The molecule has 0 aromatic heterocycles. The Kier molecular flexibility index (Phi) is 5.34. The van der Waals surface area contributed by atoms with Gasteiger partial charge in [0.25, 0.3) is 0 Å². The van der Waals surface area contributed by atoms with Gasteiger partial charge in [-0.05, 0) is 36.9 Å². The van der Waals surface area contributed by atoms with E-state index < -0.39 is 0 Å². The Hall–Kier alpha value is -0.730. The fourth-order valence-corrected chi connectivity index (χ4v) is 3.72. The van der Waals surface area contributed by atoms with Crippen LogP contribution in [0.3, 0.4) is 0 Å². The normalized spacial score (nSPS) is 18.3. The van der Waals surface area contributed by atoms with Gasteiger partial charge in [-0.1, -0.05) is 50.4 Å². The zero-order valence-corrected chi connectivity index (χ0v) is 13.8. The molecule has 1 aliphatic rings. The van der Waals surface area contributed by atoms with E-state index in [1.165, 1.54) is 36.9 Å². The second-order valence-electron chi connectivity index (χ2n) is 5.97.